The molecule has 1 N–H and O–H groups in total. The van der Waals surface area contributed by atoms with Crippen LogP contribution in [0.2, 0.25) is 0 Å². The molecule has 0 radical (unpaired) electrons. The van der Waals surface area contributed by atoms with Gasteiger partial charge in [-0.1, -0.05) is 13.8 Å². The van der Waals surface area contributed by atoms with Gasteiger partial charge in [0.1, 0.15) is 11.8 Å². The highest BCUT2D eigenvalue weighted by atomic mass is 16.5. The Morgan fingerprint density at radius 2 is 1.83 bits per heavy atom. The molecule has 0 bridgehead atoms. The molecule has 1 amide bonds. The predicted octanol–water partition coefficient (Wildman–Crippen LogP) is 2.14. The van der Waals surface area contributed by atoms with E-state index >= 15 is 0 Å². The van der Waals surface area contributed by atoms with Gasteiger partial charge in [0.2, 0.25) is 5.91 Å². The van der Waals surface area contributed by atoms with E-state index in [2.05, 4.69) is 5.32 Å². The number of hydrogen-bond donors (Lipinski definition) is 1. The van der Waals surface area contributed by atoms with Gasteiger partial charge >= 0.3 is 5.97 Å². The third-order valence-corrected chi connectivity index (χ3v) is 3.57. The van der Waals surface area contributed by atoms with Gasteiger partial charge in [-0.3, -0.25) is 9.59 Å². The van der Waals surface area contributed by atoms with Crippen LogP contribution in [0.4, 0.5) is 0 Å². The number of rotatable bonds is 8. The molecule has 0 saturated carbocycles. The van der Waals surface area contributed by atoms with Crippen molar-refractivity contribution >= 4 is 17.7 Å². The van der Waals surface area contributed by atoms with Crippen molar-refractivity contribution in [3.8, 4) is 5.75 Å². The molecular formula is C18H25NO5. The molecule has 0 aliphatic rings. The number of benzene rings is 1. The molecule has 24 heavy (non-hydrogen) atoms. The number of ether oxygens (including phenoxy) is 2. The van der Waals surface area contributed by atoms with Gasteiger partial charge < -0.3 is 14.8 Å². The van der Waals surface area contributed by atoms with E-state index in [0.29, 0.717) is 23.3 Å². The van der Waals surface area contributed by atoms with Crippen LogP contribution in [0.5, 0.6) is 5.75 Å². The number of methoxy groups -OCH3 is 2. The van der Waals surface area contributed by atoms with Crippen molar-refractivity contribution in [2.24, 2.45) is 5.92 Å². The number of amides is 1. The van der Waals surface area contributed by atoms with Crippen LogP contribution in [-0.4, -0.2) is 37.9 Å². The van der Waals surface area contributed by atoms with E-state index < -0.39 is 12.0 Å². The molecular weight excluding hydrogens is 310 g/mol. The molecule has 0 saturated heterocycles. The lowest BCUT2D eigenvalue weighted by Gasteiger charge is -2.18. The lowest BCUT2D eigenvalue weighted by atomic mass is 10.0. The molecule has 6 nitrogen and oxygen atoms in total. The van der Waals surface area contributed by atoms with Gasteiger partial charge in [0, 0.05) is 11.1 Å². The quantitative estimate of drug-likeness (QED) is 0.581. The standard InChI is InChI=1S/C18H25NO5/c1-11(2)8-15(18(22)24-5)19-17(21)10-14-9-13(12(3)20)6-7-16(14)23-4/h6-7,9,11,15H,8,10H2,1-5H3,(H,19,21)/t15-/m0/s1. The minimum Gasteiger partial charge on any atom is -0.496 e. The summed E-state index contributed by atoms with van der Waals surface area (Å²) in [6.45, 7) is 5.38. The van der Waals surface area contributed by atoms with Crippen molar-refractivity contribution in [3.63, 3.8) is 0 Å². The van der Waals surface area contributed by atoms with Crippen LogP contribution < -0.4 is 10.1 Å². The molecule has 1 atom stereocenters. The summed E-state index contributed by atoms with van der Waals surface area (Å²) in [4.78, 5) is 35.6. The molecule has 0 aliphatic carbocycles. The van der Waals surface area contributed by atoms with E-state index in [1.54, 1.807) is 18.2 Å². The van der Waals surface area contributed by atoms with Gasteiger partial charge in [-0.15, -0.1) is 0 Å². The first-order valence-corrected chi connectivity index (χ1v) is 7.83. The van der Waals surface area contributed by atoms with Crippen LogP contribution in [0.1, 0.15) is 43.1 Å². The van der Waals surface area contributed by atoms with E-state index in [1.165, 1.54) is 21.1 Å². The molecule has 0 unspecified atom stereocenters. The van der Waals surface area contributed by atoms with Crippen molar-refractivity contribution in [1.82, 2.24) is 5.32 Å². The summed E-state index contributed by atoms with van der Waals surface area (Å²) in [5, 5.41) is 2.69. The summed E-state index contributed by atoms with van der Waals surface area (Å²) in [5.74, 6) is -0.142. The van der Waals surface area contributed by atoms with Gasteiger partial charge in [-0.2, -0.15) is 0 Å². The van der Waals surface area contributed by atoms with Crippen LogP contribution in [-0.2, 0) is 20.7 Å². The van der Waals surface area contributed by atoms with Crippen molar-refractivity contribution in [1.29, 1.82) is 0 Å². The maximum atomic E-state index is 12.3. The Kier molecular flexibility index (Phi) is 7.42. The fourth-order valence-electron chi connectivity index (χ4n) is 2.38. The molecule has 0 heterocycles. The fraction of sp³-hybridized carbons (Fsp3) is 0.500. The highest BCUT2D eigenvalue weighted by Gasteiger charge is 2.23. The second-order valence-corrected chi connectivity index (χ2v) is 6.03. The zero-order valence-electron chi connectivity index (χ0n) is 14.8. The largest absolute Gasteiger partial charge is 0.496 e. The number of Topliss-reactive ketones (excluding diaryl/α,β-unsaturated/α-hetero) is 1. The third kappa shape index (κ3) is 5.68. The summed E-state index contributed by atoms with van der Waals surface area (Å²) in [5.41, 5.74) is 1.10. The first-order valence-electron chi connectivity index (χ1n) is 7.83. The molecule has 1 aromatic carbocycles. The Bertz CT molecular complexity index is 609. The zero-order valence-corrected chi connectivity index (χ0v) is 14.8. The highest BCUT2D eigenvalue weighted by Crippen LogP contribution is 2.21. The summed E-state index contributed by atoms with van der Waals surface area (Å²) in [6.07, 6.45) is 0.499. The summed E-state index contributed by atoms with van der Waals surface area (Å²) >= 11 is 0. The second-order valence-electron chi connectivity index (χ2n) is 6.03. The first kappa shape index (κ1) is 19.7. The van der Waals surface area contributed by atoms with Crippen LogP contribution in [0.15, 0.2) is 18.2 Å². The lowest BCUT2D eigenvalue weighted by Crippen LogP contribution is -2.43. The zero-order chi connectivity index (χ0) is 18.3. The topological polar surface area (TPSA) is 81.7 Å². The Balaban J connectivity index is 2.90. The molecule has 0 aromatic heterocycles. The fourth-order valence-corrected chi connectivity index (χ4v) is 2.38. The molecule has 1 aromatic rings. The van der Waals surface area contributed by atoms with Crippen molar-refractivity contribution in [3.05, 3.63) is 29.3 Å². The van der Waals surface area contributed by atoms with Gasteiger partial charge in [-0.25, -0.2) is 4.79 Å². The SMILES string of the molecule is COC(=O)[C@H](CC(C)C)NC(=O)Cc1cc(C(C)=O)ccc1OC. The summed E-state index contributed by atoms with van der Waals surface area (Å²) in [6, 6.07) is 4.25. The number of carbonyl (C=O) groups is 3. The average molecular weight is 335 g/mol. The summed E-state index contributed by atoms with van der Waals surface area (Å²) < 4.78 is 9.97. The van der Waals surface area contributed by atoms with Crippen LogP contribution >= 0.6 is 0 Å². The number of carbonyl (C=O) groups excluding carboxylic acids is 3. The minimum atomic E-state index is -0.690. The monoisotopic (exact) mass is 335 g/mol. The maximum absolute atomic E-state index is 12.3. The molecule has 0 fully saturated rings. The van der Waals surface area contributed by atoms with E-state index in [9.17, 15) is 14.4 Å². The van der Waals surface area contributed by atoms with Gasteiger partial charge in [-0.05, 0) is 37.5 Å². The number of ketones is 1. The molecule has 1 rings (SSSR count). The Morgan fingerprint density at radius 3 is 2.33 bits per heavy atom. The number of nitrogens with one attached hydrogen (secondary N) is 1. The van der Waals surface area contributed by atoms with Crippen molar-refractivity contribution in [2.45, 2.75) is 39.7 Å². The van der Waals surface area contributed by atoms with Gasteiger partial charge in [0.05, 0.1) is 20.6 Å². The maximum Gasteiger partial charge on any atom is 0.328 e. The number of esters is 1. The predicted molar refractivity (Wildman–Crippen MR) is 90.1 cm³/mol. The lowest BCUT2D eigenvalue weighted by molar-refractivity contribution is -0.145. The molecule has 0 aliphatic heterocycles. The Labute approximate surface area is 142 Å². The normalized spacial score (nSPS) is 11.8. The Morgan fingerprint density at radius 1 is 1.17 bits per heavy atom. The number of hydrogen-bond acceptors (Lipinski definition) is 5. The smallest absolute Gasteiger partial charge is 0.328 e. The van der Waals surface area contributed by atoms with Crippen molar-refractivity contribution in [2.75, 3.05) is 14.2 Å². The molecule has 6 heteroatoms. The van der Waals surface area contributed by atoms with E-state index in [-0.39, 0.29) is 24.0 Å². The molecule has 0 spiro atoms. The van der Waals surface area contributed by atoms with Crippen molar-refractivity contribution < 1.29 is 23.9 Å². The summed E-state index contributed by atoms with van der Waals surface area (Å²) in [7, 11) is 2.79. The van der Waals surface area contributed by atoms with E-state index in [1.807, 2.05) is 13.8 Å². The van der Waals surface area contributed by atoms with Crippen LogP contribution in [0.25, 0.3) is 0 Å². The average Bonchev–Trinajstić information content (AvgIpc) is 2.52. The Hall–Kier alpha value is -2.37. The molecule has 132 valence electrons. The van der Waals surface area contributed by atoms with E-state index in [0.717, 1.165) is 0 Å². The highest BCUT2D eigenvalue weighted by molar-refractivity contribution is 5.95. The third-order valence-electron chi connectivity index (χ3n) is 3.57. The van der Waals surface area contributed by atoms with Gasteiger partial charge in [0.15, 0.2) is 5.78 Å². The van der Waals surface area contributed by atoms with E-state index in [4.69, 9.17) is 9.47 Å². The minimum absolute atomic E-state index is 0.00980. The van der Waals surface area contributed by atoms with Crippen LogP contribution in [0, 0.1) is 5.92 Å². The van der Waals surface area contributed by atoms with Crippen LogP contribution in [0.3, 0.4) is 0 Å². The first-order chi connectivity index (χ1) is 11.3. The van der Waals surface area contributed by atoms with Gasteiger partial charge in [0.25, 0.3) is 0 Å². The second kappa shape index (κ2) is 9.05.